The molecule has 0 radical (unpaired) electrons. The second-order valence-electron chi connectivity index (χ2n) is 4.94. The number of hydrogen-bond donors (Lipinski definition) is 1. The van der Waals surface area contributed by atoms with Gasteiger partial charge in [0.1, 0.15) is 5.52 Å². The maximum Gasteiger partial charge on any atom is 0.197 e. The van der Waals surface area contributed by atoms with Crippen molar-refractivity contribution in [3.05, 3.63) is 65.0 Å². The first kappa shape index (κ1) is 14.1. The van der Waals surface area contributed by atoms with Gasteiger partial charge in [0.15, 0.2) is 11.5 Å². The lowest BCUT2D eigenvalue weighted by atomic mass is 10.0. The quantitative estimate of drug-likeness (QED) is 0.760. The van der Waals surface area contributed by atoms with Crippen molar-refractivity contribution in [3.63, 3.8) is 0 Å². The van der Waals surface area contributed by atoms with Crippen LogP contribution in [-0.2, 0) is 6.42 Å². The lowest BCUT2D eigenvalue weighted by molar-refractivity contribution is 0.460. The number of fused-ring (bicyclic) bond motifs is 1. The highest BCUT2D eigenvalue weighted by Gasteiger charge is 2.15. The normalized spacial score (nSPS) is 12.7. The Bertz CT molecular complexity index is 705. The molecule has 2 aromatic carbocycles. The molecule has 3 aromatic rings. The number of aromatic nitrogens is 1. The number of rotatable bonds is 5. The maximum absolute atomic E-state index is 6.09. The summed E-state index contributed by atoms with van der Waals surface area (Å²) in [4.78, 5) is 4.54. The second kappa shape index (κ2) is 6.29. The van der Waals surface area contributed by atoms with Gasteiger partial charge in [0.25, 0.3) is 0 Å². The van der Waals surface area contributed by atoms with E-state index >= 15 is 0 Å². The van der Waals surface area contributed by atoms with Crippen molar-refractivity contribution in [2.24, 2.45) is 0 Å². The van der Waals surface area contributed by atoms with Gasteiger partial charge >= 0.3 is 0 Å². The molecular formula is C17H17ClN2O. The summed E-state index contributed by atoms with van der Waals surface area (Å²) in [5.41, 5.74) is 2.87. The summed E-state index contributed by atoms with van der Waals surface area (Å²) in [7, 11) is 0. The van der Waals surface area contributed by atoms with Crippen LogP contribution in [0.5, 0.6) is 0 Å². The molecule has 0 saturated heterocycles. The molecule has 0 bridgehead atoms. The van der Waals surface area contributed by atoms with E-state index < -0.39 is 0 Å². The fraction of sp³-hybridized carbons (Fsp3) is 0.235. The summed E-state index contributed by atoms with van der Waals surface area (Å²) < 4.78 is 5.81. The molecule has 0 aliphatic heterocycles. The van der Waals surface area contributed by atoms with E-state index in [2.05, 4.69) is 23.3 Å². The van der Waals surface area contributed by atoms with Crippen molar-refractivity contribution in [1.82, 2.24) is 10.3 Å². The number of benzene rings is 2. The first-order valence-electron chi connectivity index (χ1n) is 7.09. The molecule has 0 spiro atoms. The van der Waals surface area contributed by atoms with Crippen LogP contribution in [-0.4, -0.2) is 11.5 Å². The Kier molecular flexibility index (Phi) is 4.23. The second-order valence-corrected chi connectivity index (χ2v) is 5.38. The van der Waals surface area contributed by atoms with Crippen LogP contribution in [0.25, 0.3) is 11.1 Å². The number of hydrogen-bond acceptors (Lipinski definition) is 3. The van der Waals surface area contributed by atoms with Gasteiger partial charge in [-0.25, -0.2) is 4.98 Å². The fourth-order valence-electron chi connectivity index (χ4n) is 2.46. The molecule has 0 saturated carbocycles. The molecule has 0 amide bonds. The molecule has 0 fully saturated rings. The van der Waals surface area contributed by atoms with Gasteiger partial charge in [-0.3, -0.25) is 0 Å². The van der Waals surface area contributed by atoms with Crippen molar-refractivity contribution in [1.29, 1.82) is 0 Å². The zero-order chi connectivity index (χ0) is 14.7. The number of nitrogens with one attached hydrogen (secondary N) is 1. The lowest BCUT2D eigenvalue weighted by Crippen LogP contribution is -2.23. The predicted octanol–water partition coefficient (Wildman–Crippen LogP) is 4.37. The minimum Gasteiger partial charge on any atom is -0.441 e. The molecule has 3 rings (SSSR count). The minimum absolute atomic E-state index is 0.141. The Balaban J connectivity index is 1.87. The van der Waals surface area contributed by atoms with Crippen LogP contribution in [0, 0.1) is 0 Å². The highest BCUT2D eigenvalue weighted by molar-refractivity contribution is 6.30. The van der Waals surface area contributed by atoms with E-state index in [9.17, 15) is 0 Å². The van der Waals surface area contributed by atoms with Crippen molar-refractivity contribution >= 4 is 22.7 Å². The highest BCUT2D eigenvalue weighted by atomic mass is 35.5. The van der Waals surface area contributed by atoms with Crippen LogP contribution in [0.2, 0.25) is 5.02 Å². The maximum atomic E-state index is 6.09. The number of likely N-dealkylation sites (N-methyl/N-ethyl adjacent to an activating group) is 1. The van der Waals surface area contributed by atoms with E-state index in [0.29, 0.717) is 6.42 Å². The van der Waals surface area contributed by atoms with Crippen LogP contribution in [0.4, 0.5) is 0 Å². The molecule has 1 aromatic heterocycles. The number of para-hydroxylation sites is 2. The summed E-state index contributed by atoms with van der Waals surface area (Å²) in [5.74, 6) is 0.738. The standard InChI is InChI=1S/C17H17ClN2O/c1-2-19-15(12-6-5-7-13(18)10-12)11-17-20-14-8-3-4-9-16(14)21-17/h3-10,15,19H,2,11H2,1H3. The van der Waals surface area contributed by atoms with Crippen LogP contribution >= 0.6 is 11.6 Å². The van der Waals surface area contributed by atoms with E-state index in [0.717, 1.165) is 34.1 Å². The lowest BCUT2D eigenvalue weighted by Gasteiger charge is -2.16. The summed E-state index contributed by atoms with van der Waals surface area (Å²) >= 11 is 6.09. The highest BCUT2D eigenvalue weighted by Crippen LogP contribution is 2.23. The summed E-state index contributed by atoms with van der Waals surface area (Å²) in [6, 6.07) is 15.9. The van der Waals surface area contributed by atoms with Crippen molar-refractivity contribution in [3.8, 4) is 0 Å². The molecule has 4 heteroatoms. The van der Waals surface area contributed by atoms with E-state index in [1.54, 1.807) is 0 Å². The third-order valence-corrected chi connectivity index (χ3v) is 3.65. The molecule has 3 nitrogen and oxygen atoms in total. The first-order valence-corrected chi connectivity index (χ1v) is 7.47. The van der Waals surface area contributed by atoms with E-state index in [4.69, 9.17) is 16.0 Å². The molecule has 108 valence electrons. The van der Waals surface area contributed by atoms with Gasteiger partial charge in [0.05, 0.1) is 0 Å². The van der Waals surface area contributed by atoms with Gasteiger partial charge in [-0.05, 0) is 36.4 Å². The van der Waals surface area contributed by atoms with Gasteiger partial charge in [-0.2, -0.15) is 0 Å². The van der Waals surface area contributed by atoms with E-state index in [1.165, 1.54) is 0 Å². The van der Waals surface area contributed by atoms with E-state index in [1.807, 2.05) is 42.5 Å². The Hall–Kier alpha value is -1.84. The van der Waals surface area contributed by atoms with Crippen molar-refractivity contribution in [2.45, 2.75) is 19.4 Å². The SMILES string of the molecule is CCNC(Cc1nc2ccccc2o1)c1cccc(Cl)c1. The van der Waals surface area contributed by atoms with Crippen LogP contribution in [0.15, 0.2) is 52.9 Å². The Morgan fingerprint density at radius 1 is 1.19 bits per heavy atom. The number of nitrogens with zero attached hydrogens (tertiary/aromatic N) is 1. The largest absolute Gasteiger partial charge is 0.441 e. The third kappa shape index (κ3) is 3.26. The molecule has 0 aliphatic carbocycles. The first-order chi connectivity index (χ1) is 10.3. The number of halogens is 1. The molecule has 1 atom stereocenters. The fourth-order valence-corrected chi connectivity index (χ4v) is 2.66. The number of oxazole rings is 1. The summed E-state index contributed by atoms with van der Waals surface area (Å²) in [6.07, 6.45) is 0.697. The van der Waals surface area contributed by atoms with Crippen molar-refractivity contribution in [2.75, 3.05) is 6.54 Å². The van der Waals surface area contributed by atoms with Gasteiger partial charge in [0.2, 0.25) is 0 Å². The third-order valence-electron chi connectivity index (χ3n) is 3.42. The van der Waals surface area contributed by atoms with Gasteiger partial charge < -0.3 is 9.73 Å². The molecule has 0 aliphatic rings. The van der Waals surface area contributed by atoms with Gasteiger partial charge in [0, 0.05) is 17.5 Å². The molecular weight excluding hydrogens is 284 g/mol. The average molecular weight is 301 g/mol. The van der Waals surface area contributed by atoms with Crippen LogP contribution in [0.1, 0.15) is 24.4 Å². The van der Waals surface area contributed by atoms with Crippen LogP contribution in [0.3, 0.4) is 0 Å². The van der Waals surface area contributed by atoms with Crippen molar-refractivity contribution < 1.29 is 4.42 Å². The smallest absolute Gasteiger partial charge is 0.197 e. The Labute approximate surface area is 128 Å². The van der Waals surface area contributed by atoms with Gasteiger partial charge in [-0.1, -0.05) is 42.8 Å². The molecule has 21 heavy (non-hydrogen) atoms. The zero-order valence-corrected chi connectivity index (χ0v) is 12.6. The van der Waals surface area contributed by atoms with Gasteiger partial charge in [-0.15, -0.1) is 0 Å². The summed E-state index contributed by atoms with van der Waals surface area (Å²) in [5, 5.41) is 4.20. The Morgan fingerprint density at radius 2 is 2.05 bits per heavy atom. The molecule has 1 unspecified atom stereocenters. The zero-order valence-electron chi connectivity index (χ0n) is 11.8. The molecule has 1 heterocycles. The van der Waals surface area contributed by atoms with E-state index in [-0.39, 0.29) is 6.04 Å². The van der Waals surface area contributed by atoms with Crippen LogP contribution < -0.4 is 5.32 Å². The average Bonchev–Trinajstić information content (AvgIpc) is 2.89. The molecule has 1 N–H and O–H groups in total. The minimum atomic E-state index is 0.141. The monoisotopic (exact) mass is 300 g/mol. The Morgan fingerprint density at radius 3 is 2.81 bits per heavy atom. The summed E-state index contributed by atoms with van der Waals surface area (Å²) in [6.45, 7) is 2.96. The predicted molar refractivity (Wildman–Crippen MR) is 85.6 cm³/mol. The topological polar surface area (TPSA) is 38.1 Å².